The molecular formula is C16H36Si2. The van der Waals surface area contributed by atoms with Crippen LogP contribution in [0.5, 0.6) is 0 Å². The molecule has 0 fully saturated rings. The molecule has 1 unspecified atom stereocenters. The van der Waals surface area contributed by atoms with Gasteiger partial charge in [0.1, 0.15) is 0 Å². The fourth-order valence-corrected chi connectivity index (χ4v) is 16.0. The lowest BCUT2D eigenvalue weighted by atomic mass is 10.2. The largest absolute Gasteiger partial charge is 0.107 e. The second-order valence-electron chi connectivity index (χ2n) is 7.17. The Morgan fingerprint density at radius 1 is 0.944 bits per heavy atom. The van der Waals surface area contributed by atoms with E-state index in [1.807, 2.05) is 0 Å². The van der Waals surface area contributed by atoms with Gasteiger partial charge in [-0.1, -0.05) is 84.6 Å². The van der Waals surface area contributed by atoms with Crippen molar-refractivity contribution in [3.8, 4) is 0 Å². The van der Waals surface area contributed by atoms with E-state index in [9.17, 15) is 0 Å². The van der Waals surface area contributed by atoms with E-state index in [0.717, 1.165) is 5.16 Å². The van der Waals surface area contributed by atoms with Gasteiger partial charge in [0.2, 0.25) is 0 Å². The van der Waals surface area contributed by atoms with Crippen molar-refractivity contribution in [3.05, 3.63) is 12.3 Å². The summed E-state index contributed by atoms with van der Waals surface area (Å²) in [6, 6.07) is 1.52. The molecule has 0 aromatic rings. The Balaban J connectivity index is 4.78. The van der Waals surface area contributed by atoms with Crippen molar-refractivity contribution in [1.29, 1.82) is 0 Å². The van der Waals surface area contributed by atoms with Crippen LogP contribution in [0.2, 0.25) is 37.4 Å². The number of hydrogen-bond acceptors (Lipinski definition) is 0. The summed E-state index contributed by atoms with van der Waals surface area (Å²) in [6.45, 7) is 19.1. The van der Waals surface area contributed by atoms with E-state index in [0.29, 0.717) is 0 Å². The average molecular weight is 285 g/mol. The van der Waals surface area contributed by atoms with E-state index < -0.39 is 16.1 Å². The maximum absolute atomic E-state index is 4.16. The second-order valence-corrected chi connectivity index (χ2v) is 17.7. The molecule has 0 nitrogen and oxygen atoms in total. The fourth-order valence-electron chi connectivity index (χ4n) is 3.32. The average Bonchev–Trinajstić information content (AvgIpc) is 2.31. The lowest BCUT2D eigenvalue weighted by Crippen LogP contribution is -2.46. The molecule has 108 valence electrons. The molecule has 0 aliphatic heterocycles. The van der Waals surface area contributed by atoms with Gasteiger partial charge in [-0.25, -0.2) is 0 Å². The van der Waals surface area contributed by atoms with Crippen LogP contribution in [0.1, 0.15) is 52.4 Å². The van der Waals surface area contributed by atoms with Crippen molar-refractivity contribution in [1.82, 2.24) is 0 Å². The summed E-state index contributed by atoms with van der Waals surface area (Å²) >= 11 is 0. The third-order valence-corrected chi connectivity index (χ3v) is 16.2. The highest BCUT2D eigenvalue weighted by molar-refractivity contribution is 6.99. The van der Waals surface area contributed by atoms with Gasteiger partial charge in [0, 0.05) is 8.07 Å². The van der Waals surface area contributed by atoms with Crippen LogP contribution in [0.25, 0.3) is 0 Å². The summed E-state index contributed by atoms with van der Waals surface area (Å²) < 4.78 is 0. The van der Waals surface area contributed by atoms with Crippen LogP contribution in [0, 0.1) is 0 Å². The molecule has 0 spiro atoms. The molecule has 0 aliphatic rings. The molecule has 0 amide bonds. The molecule has 0 radical (unpaired) electrons. The van der Waals surface area contributed by atoms with Crippen LogP contribution in [-0.2, 0) is 0 Å². The molecule has 0 saturated heterocycles. The van der Waals surface area contributed by atoms with Crippen molar-refractivity contribution in [3.63, 3.8) is 0 Å². The summed E-state index contributed by atoms with van der Waals surface area (Å²) in [5.74, 6) is 0. The smallest absolute Gasteiger partial charge is 0.0714 e. The van der Waals surface area contributed by atoms with Gasteiger partial charge in [0.25, 0.3) is 0 Å². The van der Waals surface area contributed by atoms with Crippen molar-refractivity contribution in [2.24, 2.45) is 0 Å². The molecule has 0 bridgehead atoms. The van der Waals surface area contributed by atoms with Gasteiger partial charge in [-0.05, 0) is 5.16 Å². The quantitative estimate of drug-likeness (QED) is 0.321. The molecule has 0 saturated carbocycles. The summed E-state index contributed by atoms with van der Waals surface area (Å²) in [6.07, 6.45) is 8.46. The molecule has 18 heavy (non-hydrogen) atoms. The Labute approximate surface area is 118 Å². The maximum atomic E-state index is 4.16. The first-order valence-electron chi connectivity index (χ1n) is 7.95. The molecule has 1 atom stereocenters. The summed E-state index contributed by atoms with van der Waals surface area (Å²) in [5.41, 5.74) is 2.35. The van der Waals surface area contributed by atoms with Gasteiger partial charge in [-0.2, -0.15) is 0 Å². The molecule has 0 rings (SSSR count). The van der Waals surface area contributed by atoms with Gasteiger partial charge in [-0.3, -0.25) is 0 Å². The first-order chi connectivity index (χ1) is 8.31. The highest BCUT2D eigenvalue weighted by Gasteiger charge is 2.40. The number of rotatable bonds is 10. The predicted octanol–water partition coefficient (Wildman–Crippen LogP) is 6.42. The van der Waals surface area contributed by atoms with E-state index >= 15 is 0 Å². The van der Waals surface area contributed by atoms with Crippen molar-refractivity contribution in [2.75, 3.05) is 0 Å². The molecule has 0 aliphatic carbocycles. The van der Waals surface area contributed by atoms with Crippen molar-refractivity contribution < 1.29 is 0 Å². The number of unbranched alkanes of at least 4 members (excludes halogenated alkanes) is 3. The Bertz CT molecular complexity index is 231. The van der Waals surface area contributed by atoms with Crippen LogP contribution in [0.15, 0.2) is 12.3 Å². The highest BCUT2D eigenvalue weighted by atomic mass is 28.4. The van der Waals surface area contributed by atoms with E-state index in [4.69, 9.17) is 0 Å². The monoisotopic (exact) mass is 284 g/mol. The van der Waals surface area contributed by atoms with Crippen LogP contribution in [0.4, 0.5) is 0 Å². The van der Waals surface area contributed by atoms with E-state index in [-0.39, 0.29) is 0 Å². The SMILES string of the molecule is C=C[Si](C)(C)C(CCCCC)[Si](C)(C)CCCC. The molecule has 0 aromatic heterocycles. The standard InChI is InChI=1S/C16H36Si2/c1-8-11-13-14-16(17(4,5)10-3)18(6,7)15-12-9-2/h10,16H,3,8-9,11-15H2,1-2,4-7H3. The minimum Gasteiger partial charge on any atom is -0.107 e. The van der Waals surface area contributed by atoms with E-state index in [1.165, 1.54) is 44.6 Å². The molecule has 0 heterocycles. The first-order valence-corrected chi connectivity index (χ1v) is 14.4. The second kappa shape index (κ2) is 8.37. The maximum Gasteiger partial charge on any atom is 0.0714 e. The minimum atomic E-state index is -1.22. The van der Waals surface area contributed by atoms with Gasteiger partial charge < -0.3 is 0 Å². The van der Waals surface area contributed by atoms with E-state index in [2.05, 4.69) is 52.3 Å². The lowest BCUT2D eigenvalue weighted by molar-refractivity contribution is 0.673. The van der Waals surface area contributed by atoms with Gasteiger partial charge in [-0.15, -0.1) is 12.3 Å². The molecule has 0 N–H and O–H groups in total. The van der Waals surface area contributed by atoms with Crippen LogP contribution in [0.3, 0.4) is 0 Å². The molecule has 2 heteroatoms. The summed E-state index contributed by atoms with van der Waals surface area (Å²) in [7, 11) is -2.29. The fraction of sp³-hybridized carbons (Fsp3) is 0.875. The lowest BCUT2D eigenvalue weighted by Gasteiger charge is -2.41. The summed E-state index contributed by atoms with van der Waals surface area (Å²) in [5, 5.41) is 1.03. The van der Waals surface area contributed by atoms with Crippen LogP contribution in [-0.4, -0.2) is 16.1 Å². The zero-order chi connectivity index (χ0) is 14.2. The normalized spacial score (nSPS) is 14.6. The van der Waals surface area contributed by atoms with Gasteiger partial charge >= 0.3 is 0 Å². The van der Waals surface area contributed by atoms with Crippen LogP contribution >= 0.6 is 0 Å². The summed E-state index contributed by atoms with van der Waals surface area (Å²) in [4.78, 5) is 0. The third-order valence-electron chi connectivity index (χ3n) is 4.64. The zero-order valence-corrected chi connectivity index (χ0v) is 15.8. The Kier molecular flexibility index (Phi) is 8.45. The topological polar surface area (TPSA) is 0 Å². The Morgan fingerprint density at radius 2 is 1.50 bits per heavy atom. The van der Waals surface area contributed by atoms with Crippen molar-refractivity contribution in [2.45, 2.75) is 89.8 Å². The highest BCUT2D eigenvalue weighted by Crippen LogP contribution is 2.40. The Morgan fingerprint density at radius 3 is 1.94 bits per heavy atom. The molecular weight excluding hydrogens is 248 g/mol. The minimum absolute atomic E-state index is 1.03. The van der Waals surface area contributed by atoms with Crippen LogP contribution < -0.4 is 0 Å². The Hall–Kier alpha value is 0.174. The third kappa shape index (κ3) is 5.88. The van der Waals surface area contributed by atoms with E-state index in [1.54, 1.807) is 0 Å². The zero-order valence-electron chi connectivity index (χ0n) is 13.8. The van der Waals surface area contributed by atoms with Crippen molar-refractivity contribution >= 4 is 16.1 Å². The molecule has 0 aromatic carbocycles. The predicted molar refractivity (Wildman–Crippen MR) is 92.8 cm³/mol. The van der Waals surface area contributed by atoms with Gasteiger partial charge in [0.05, 0.1) is 8.07 Å². The first kappa shape index (κ1) is 18.2. The number of hydrogen-bond donors (Lipinski definition) is 0. The van der Waals surface area contributed by atoms with Gasteiger partial charge in [0.15, 0.2) is 0 Å².